The van der Waals surface area contributed by atoms with Crippen molar-refractivity contribution in [2.24, 2.45) is 0 Å². The number of aliphatic hydroxyl groups is 1. The molecule has 1 N–H and O–H groups in total. The molecule has 19 heavy (non-hydrogen) atoms. The van der Waals surface area contributed by atoms with Gasteiger partial charge in [-0.05, 0) is 5.56 Å². The van der Waals surface area contributed by atoms with Gasteiger partial charge in [0.1, 0.15) is 0 Å². The van der Waals surface area contributed by atoms with Gasteiger partial charge in [-0.1, -0.05) is 15.9 Å². The zero-order valence-electron chi connectivity index (χ0n) is 8.94. The van der Waals surface area contributed by atoms with Gasteiger partial charge in [0.15, 0.2) is 0 Å². The van der Waals surface area contributed by atoms with Crippen LogP contribution in [0.15, 0.2) is 6.07 Å². The molecule has 0 atom stereocenters. The predicted octanol–water partition coefficient (Wildman–Crippen LogP) is 3.39. The van der Waals surface area contributed by atoms with Crippen molar-refractivity contribution >= 4 is 15.9 Å². The van der Waals surface area contributed by atoms with Gasteiger partial charge >= 0.3 is 12.5 Å². The number of aliphatic hydroxyl groups excluding tert-OH is 1. The van der Waals surface area contributed by atoms with Gasteiger partial charge in [0.05, 0.1) is 17.9 Å². The molecule has 0 aliphatic heterocycles. The van der Waals surface area contributed by atoms with Gasteiger partial charge in [-0.3, -0.25) is 0 Å². The van der Waals surface area contributed by atoms with E-state index in [9.17, 15) is 26.3 Å². The van der Waals surface area contributed by atoms with Crippen molar-refractivity contribution in [2.75, 3.05) is 0 Å². The summed E-state index contributed by atoms with van der Waals surface area (Å²) in [7, 11) is 0. The molecule has 0 aliphatic carbocycles. The number of hydrogen-bond acceptors (Lipinski definition) is 3. The Labute approximate surface area is 111 Å². The van der Waals surface area contributed by atoms with E-state index in [2.05, 4.69) is 25.7 Å². The molecule has 0 fully saturated rings. The van der Waals surface area contributed by atoms with Crippen LogP contribution in [0.2, 0.25) is 0 Å². The Bertz CT molecular complexity index is 434. The van der Waals surface area contributed by atoms with Crippen LogP contribution in [-0.4, -0.2) is 16.5 Å². The molecule has 0 saturated carbocycles. The fraction of sp³-hybridized carbons (Fsp3) is 0.444. The molecule has 0 aliphatic rings. The van der Waals surface area contributed by atoms with E-state index in [-0.39, 0.29) is 0 Å². The van der Waals surface area contributed by atoms with E-state index in [0.717, 1.165) is 0 Å². The van der Waals surface area contributed by atoms with Gasteiger partial charge in [0.2, 0.25) is 5.88 Å². The summed E-state index contributed by atoms with van der Waals surface area (Å²) in [6.07, 6.45) is -9.92. The molecule has 1 rings (SSSR count). The fourth-order valence-corrected chi connectivity index (χ4v) is 1.77. The number of rotatable bonds is 3. The normalized spacial score (nSPS) is 12.6. The van der Waals surface area contributed by atoms with Crippen molar-refractivity contribution in [3.63, 3.8) is 0 Å². The molecule has 0 spiro atoms. The van der Waals surface area contributed by atoms with E-state index >= 15 is 0 Å². The van der Waals surface area contributed by atoms with Crippen LogP contribution in [0.3, 0.4) is 0 Å². The lowest BCUT2D eigenvalue weighted by Crippen LogP contribution is -2.20. The minimum atomic E-state index is -5.08. The summed E-state index contributed by atoms with van der Waals surface area (Å²) in [5.74, 6) is -1.06. The van der Waals surface area contributed by atoms with Crippen molar-refractivity contribution in [3.8, 4) is 5.88 Å². The number of ether oxygens (including phenoxy) is 1. The molecule has 1 aromatic rings. The summed E-state index contributed by atoms with van der Waals surface area (Å²) < 4.78 is 77.6. The summed E-state index contributed by atoms with van der Waals surface area (Å²) in [6.45, 7) is -1.09. The summed E-state index contributed by atoms with van der Waals surface area (Å²) in [5, 5.41) is 8.40. The molecule has 0 unspecified atom stereocenters. The average Bonchev–Trinajstić information content (AvgIpc) is 2.23. The lowest BCUT2D eigenvalue weighted by atomic mass is 10.1. The maximum absolute atomic E-state index is 12.7. The Morgan fingerprint density at radius 3 is 2.16 bits per heavy atom. The van der Waals surface area contributed by atoms with Gasteiger partial charge in [-0.25, -0.2) is 4.98 Å². The van der Waals surface area contributed by atoms with Gasteiger partial charge in [-0.2, -0.15) is 13.2 Å². The Kier molecular flexibility index (Phi) is 4.67. The molecule has 3 nitrogen and oxygen atoms in total. The van der Waals surface area contributed by atoms with Crippen molar-refractivity contribution in [2.45, 2.75) is 24.5 Å². The fourth-order valence-electron chi connectivity index (χ4n) is 1.37. The topological polar surface area (TPSA) is 42.4 Å². The molecular weight excluding hydrogens is 348 g/mol. The molecule has 0 amide bonds. The molecule has 1 heterocycles. The monoisotopic (exact) mass is 353 g/mol. The van der Waals surface area contributed by atoms with E-state index in [0.29, 0.717) is 6.07 Å². The van der Waals surface area contributed by atoms with Crippen LogP contribution in [0.1, 0.15) is 16.8 Å². The molecular formula is C9H6BrF6NO2. The summed E-state index contributed by atoms with van der Waals surface area (Å²) in [5.41, 5.74) is -2.71. The first kappa shape index (κ1) is 16.0. The number of halogens is 7. The molecule has 108 valence electrons. The van der Waals surface area contributed by atoms with Crippen molar-refractivity contribution in [1.82, 2.24) is 4.98 Å². The second-order valence-electron chi connectivity index (χ2n) is 3.28. The van der Waals surface area contributed by atoms with Crippen molar-refractivity contribution in [1.29, 1.82) is 0 Å². The van der Waals surface area contributed by atoms with E-state index in [4.69, 9.17) is 5.11 Å². The van der Waals surface area contributed by atoms with Crippen molar-refractivity contribution in [3.05, 3.63) is 22.9 Å². The zero-order valence-corrected chi connectivity index (χ0v) is 10.5. The SMILES string of the molecule is OCc1cc(OC(F)(F)F)nc(CBr)c1C(F)(F)F. The molecule has 0 saturated heterocycles. The molecule has 10 heteroatoms. The number of aromatic nitrogens is 1. The largest absolute Gasteiger partial charge is 0.574 e. The molecule has 0 bridgehead atoms. The third-order valence-electron chi connectivity index (χ3n) is 1.95. The van der Waals surface area contributed by atoms with E-state index in [1.165, 1.54) is 0 Å². The number of nitrogens with zero attached hydrogens (tertiary/aromatic N) is 1. The predicted molar refractivity (Wildman–Crippen MR) is 54.5 cm³/mol. The van der Waals surface area contributed by atoms with Gasteiger partial charge in [0.25, 0.3) is 0 Å². The van der Waals surface area contributed by atoms with Gasteiger partial charge in [-0.15, -0.1) is 13.2 Å². The molecule has 0 radical (unpaired) electrons. The van der Waals surface area contributed by atoms with Crippen molar-refractivity contribution < 1.29 is 36.2 Å². The summed E-state index contributed by atoms with van der Waals surface area (Å²) in [6, 6.07) is 0.405. The van der Waals surface area contributed by atoms with Crippen LogP contribution >= 0.6 is 15.9 Å². The van der Waals surface area contributed by atoms with Crippen LogP contribution in [0.5, 0.6) is 5.88 Å². The van der Waals surface area contributed by atoms with E-state index in [1.807, 2.05) is 0 Å². The Morgan fingerprint density at radius 1 is 1.21 bits per heavy atom. The Balaban J connectivity index is 3.37. The second-order valence-corrected chi connectivity index (χ2v) is 3.84. The van der Waals surface area contributed by atoms with Crippen LogP contribution < -0.4 is 4.74 Å². The second kappa shape index (κ2) is 5.53. The number of hydrogen-bond donors (Lipinski definition) is 1. The average molecular weight is 354 g/mol. The molecule has 0 aromatic carbocycles. The maximum Gasteiger partial charge on any atom is 0.574 e. The van der Waals surface area contributed by atoms with E-state index < -0.39 is 47.2 Å². The minimum absolute atomic E-state index is 0.405. The first-order valence-corrected chi connectivity index (χ1v) is 5.73. The highest BCUT2D eigenvalue weighted by molar-refractivity contribution is 9.08. The lowest BCUT2D eigenvalue weighted by molar-refractivity contribution is -0.276. The highest BCUT2D eigenvalue weighted by Gasteiger charge is 2.38. The van der Waals surface area contributed by atoms with Gasteiger partial charge in [0, 0.05) is 11.4 Å². The first-order valence-electron chi connectivity index (χ1n) is 4.61. The summed E-state index contributed by atoms with van der Waals surface area (Å²) >= 11 is 2.70. The van der Waals surface area contributed by atoms with E-state index in [1.54, 1.807) is 0 Å². The highest BCUT2D eigenvalue weighted by Crippen LogP contribution is 2.37. The summed E-state index contributed by atoms with van der Waals surface area (Å²) in [4.78, 5) is 3.13. The maximum atomic E-state index is 12.7. The number of alkyl halides is 7. The standard InChI is InChI=1S/C9H6BrF6NO2/c10-2-5-7(8(11,12)13)4(3-18)1-6(17-5)19-9(14,15)16/h1,18H,2-3H2. The Hall–Kier alpha value is -1.03. The third-order valence-corrected chi connectivity index (χ3v) is 2.48. The smallest absolute Gasteiger partial charge is 0.392 e. The van der Waals surface area contributed by atoms with Gasteiger partial charge < -0.3 is 9.84 Å². The highest BCUT2D eigenvalue weighted by atomic mass is 79.9. The molecule has 1 aromatic heterocycles. The zero-order chi connectivity index (χ0) is 14.8. The Morgan fingerprint density at radius 2 is 1.79 bits per heavy atom. The first-order chi connectivity index (χ1) is 8.58. The third kappa shape index (κ3) is 4.23. The lowest BCUT2D eigenvalue weighted by Gasteiger charge is -2.17. The van der Waals surface area contributed by atoms with Crippen LogP contribution in [0, 0.1) is 0 Å². The quantitative estimate of drug-likeness (QED) is 0.669. The minimum Gasteiger partial charge on any atom is -0.392 e. The van der Waals surface area contributed by atoms with Crippen LogP contribution in [-0.2, 0) is 18.1 Å². The number of pyridine rings is 1. The van der Waals surface area contributed by atoms with Crippen LogP contribution in [0.25, 0.3) is 0 Å². The van der Waals surface area contributed by atoms with Crippen LogP contribution in [0.4, 0.5) is 26.3 Å².